The number of hydrogen-bond acceptors (Lipinski definition) is 2. The van der Waals surface area contributed by atoms with Crippen molar-refractivity contribution >= 4 is 60.7 Å². The molecule has 0 unspecified atom stereocenters. The summed E-state index contributed by atoms with van der Waals surface area (Å²) in [6, 6.07) is 9.42. The molecule has 0 aliphatic heterocycles. The van der Waals surface area contributed by atoms with E-state index in [-0.39, 0.29) is 0 Å². The molecule has 0 fully saturated rings. The van der Waals surface area contributed by atoms with Gasteiger partial charge < -0.3 is 10.1 Å². The third-order valence-corrected chi connectivity index (χ3v) is 4.88. The van der Waals surface area contributed by atoms with Gasteiger partial charge in [0.05, 0.1) is 27.3 Å². The predicted octanol–water partition coefficient (Wildman–Crippen LogP) is 6.14. The van der Waals surface area contributed by atoms with Crippen molar-refractivity contribution in [3.05, 3.63) is 54.9 Å². The highest BCUT2D eigenvalue weighted by molar-refractivity contribution is 9.11. The molecular weight excluding hydrogens is 429 g/mol. The summed E-state index contributed by atoms with van der Waals surface area (Å²) in [6.45, 7) is 0.572. The second kappa shape index (κ2) is 7.03. The molecule has 0 aliphatic carbocycles. The van der Waals surface area contributed by atoms with Crippen LogP contribution in [0.4, 0.5) is 5.69 Å². The number of benzene rings is 2. The van der Waals surface area contributed by atoms with Gasteiger partial charge in [-0.25, -0.2) is 0 Å². The standard InChI is InChI=1S/C14H11Br2Cl2NO/c1-20-13-6-12(9(15)5-10(13)16)19-7-8-3-2-4-11(17)14(8)18/h2-6,19H,7H2,1H3. The Morgan fingerprint density at radius 3 is 2.60 bits per heavy atom. The van der Waals surface area contributed by atoms with Crippen LogP contribution in [0.15, 0.2) is 39.3 Å². The fraction of sp³-hybridized carbons (Fsp3) is 0.143. The molecule has 0 radical (unpaired) electrons. The summed E-state index contributed by atoms with van der Waals surface area (Å²) in [7, 11) is 1.63. The number of halogens is 4. The van der Waals surface area contributed by atoms with Crippen LogP contribution in [0.2, 0.25) is 10.0 Å². The van der Waals surface area contributed by atoms with Crippen molar-refractivity contribution in [2.45, 2.75) is 6.54 Å². The first-order valence-electron chi connectivity index (χ1n) is 5.72. The van der Waals surface area contributed by atoms with Crippen molar-refractivity contribution in [3.8, 4) is 5.75 Å². The molecule has 0 aliphatic rings. The van der Waals surface area contributed by atoms with Crippen LogP contribution in [-0.2, 0) is 6.54 Å². The largest absolute Gasteiger partial charge is 0.495 e. The van der Waals surface area contributed by atoms with Gasteiger partial charge in [-0.3, -0.25) is 0 Å². The fourth-order valence-electron chi connectivity index (χ4n) is 1.70. The molecule has 0 spiro atoms. The van der Waals surface area contributed by atoms with Crippen molar-refractivity contribution in [3.63, 3.8) is 0 Å². The molecule has 2 aromatic rings. The summed E-state index contributed by atoms with van der Waals surface area (Å²) < 4.78 is 7.10. The molecule has 0 bridgehead atoms. The van der Waals surface area contributed by atoms with E-state index in [0.717, 1.165) is 25.9 Å². The lowest BCUT2D eigenvalue weighted by Crippen LogP contribution is -2.01. The fourth-order valence-corrected chi connectivity index (χ4v) is 3.38. The third-order valence-electron chi connectivity index (χ3n) is 2.74. The molecule has 106 valence electrons. The van der Waals surface area contributed by atoms with Gasteiger partial charge in [0, 0.05) is 17.1 Å². The summed E-state index contributed by atoms with van der Waals surface area (Å²) in [5.41, 5.74) is 1.86. The van der Waals surface area contributed by atoms with E-state index in [1.165, 1.54) is 0 Å². The van der Waals surface area contributed by atoms with Gasteiger partial charge in [0.15, 0.2) is 0 Å². The third kappa shape index (κ3) is 3.61. The lowest BCUT2D eigenvalue weighted by atomic mass is 10.2. The molecule has 2 aromatic carbocycles. The second-order valence-corrected chi connectivity index (χ2v) is 6.53. The van der Waals surface area contributed by atoms with Crippen LogP contribution in [0.5, 0.6) is 5.75 Å². The average molecular weight is 440 g/mol. The number of nitrogens with one attached hydrogen (secondary N) is 1. The van der Waals surface area contributed by atoms with Crippen LogP contribution in [0.1, 0.15) is 5.56 Å². The van der Waals surface area contributed by atoms with E-state index in [4.69, 9.17) is 27.9 Å². The van der Waals surface area contributed by atoms with Crippen molar-refractivity contribution in [2.75, 3.05) is 12.4 Å². The second-order valence-electron chi connectivity index (χ2n) is 4.03. The van der Waals surface area contributed by atoms with E-state index in [0.29, 0.717) is 16.6 Å². The first-order chi connectivity index (χ1) is 9.52. The molecule has 0 aromatic heterocycles. The number of methoxy groups -OCH3 is 1. The van der Waals surface area contributed by atoms with E-state index >= 15 is 0 Å². The first-order valence-corrected chi connectivity index (χ1v) is 8.07. The van der Waals surface area contributed by atoms with Gasteiger partial charge in [0.2, 0.25) is 0 Å². The van der Waals surface area contributed by atoms with Crippen LogP contribution in [0.25, 0.3) is 0 Å². The zero-order valence-electron chi connectivity index (χ0n) is 10.5. The Kier molecular flexibility index (Phi) is 5.61. The van der Waals surface area contributed by atoms with Gasteiger partial charge in [-0.2, -0.15) is 0 Å². The van der Waals surface area contributed by atoms with Gasteiger partial charge in [0.25, 0.3) is 0 Å². The molecule has 0 saturated heterocycles. The highest BCUT2D eigenvalue weighted by Gasteiger charge is 2.09. The first kappa shape index (κ1) is 16.0. The van der Waals surface area contributed by atoms with Crippen molar-refractivity contribution in [2.24, 2.45) is 0 Å². The Morgan fingerprint density at radius 2 is 1.90 bits per heavy atom. The van der Waals surface area contributed by atoms with E-state index in [1.807, 2.05) is 24.3 Å². The summed E-state index contributed by atoms with van der Waals surface area (Å²) >= 11 is 19.1. The van der Waals surface area contributed by atoms with Gasteiger partial charge in [-0.15, -0.1) is 0 Å². The maximum absolute atomic E-state index is 6.17. The van der Waals surface area contributed by atoms with Gasteiger partial charge >= 0.3 is 0 Å². The van der Waals surface area contributed by atoms with Crippen LogP contribution < -0.4 is 10.1 Å². The predicted molar refractivity (Wildman–Crippen MR) is 92.2 cm³/mol. The summed E-state index contributed by atoms with van der Waals surface area (Å²) in [4.78, 5) is 0. The Hall–Kier alpha value is -0.420. The van der Waals surface area contributed by atoms with Gasteiger partial charge in [0.1, 0.15) is 5.75 Å². The van der Waals surface area contributed by atoms with Crippen LogP contribution in [0, 0.1) is 0 Å². The van der Waals surface area contributed by atoms with E-state index < -0.39 is 0 Å². The zero-order chi connectivity index (χ0) is 14.7. The quantitative estimate of drug-likeness (QED) is 0.617. The Morgan fingerprint density at radius 1 is 1.15 bits per heavy atom. The minimum Gasteiger partial charge on any atom is -0.495 e. The van der Waals surface area contributed by atoms with Crippen molar-refractivity contribution in [1.29, 1.82) is 0 Å². The number of ether oxygens (including phenoxy) is 1. The average Bonchev–Trinajstić information content (AvgIpc) is 2.42. The molecule has 0 heterocycles. The van der Waals surface area contributed by atoms with Crippen LogP contribution in [-0.4, -0.2) is 7.11 Å². The minimum absolute atomic E-state index is 0.554. The zero-order valence-corrected chi connectivity index (χ0v) is 15.2. The Bertz CT molecular complexity index is 635. The molecule has 0 atom stereocenters. The van der Waals surface area contributed by atoms with Crippen molar-refractivity contribution in [1.82, 2.24) is 0 Å². The molecule has 0 amide bonds. The van der Waals surface area contributed by atoms with E-state index in [1.54, 1.807) is 13.2 Å². The molecule has 1 N–H and O–H groups in total. The molecule has 20 heavy (non-hydrogen) atoms. The smallest absolute Gasteiger partial charge is 0.135 e. The highest BCUT2D eigenvalue weighted by Crippen LogP contribution is 2.35. The summed E-state index contributed by atoms with van der Waals surface area (Å²) in [5, 5.41) is 4.43. The summed E-state index contributed by atoms with van der Waals surface area (Å²) in [6.07, 6.45) is 0. The van der Waals surface area contributed by atoms with Gasteiger partial charge in [-0.05, 0) is 49.6 Å². The van der Waals surface area contributed by atoms with E-state index in [9.17, 15) is 0 Å². The highest BCUT2D eigenvalue weighted by atomic mass is 79.9. The topological polar surface area (TPSA) is 21.3 Å². The molecular formula is C14H11Br2Cl2NO. The monoisotopic (exact) mass is 437 g/mol. The minimum atomic E-state index is 0.554. The van der Waals surface area contributed by atoms with Crippen LogP contribution in [0.3, 0.4) is 0 Å². The van der Waals surface area contributed by atoms with Crippen molar-refractivity contribution < 1.29 is 4.74 Å². The number of anilines is 1. The number of rotatable bonds is 4. The molecule has 6 heteroatoms. The Labute approximate surface area is 144 Å². The normalized spacial score (nSPS) is 10.4. The molecule has 2 nitrogen and oxygen atoms in total. The van der Waals surface area contributed by atoms with E-state index in [2.05, 4.69) is 37.2 Å². The molecule has 0 saturated carbocycles. The maximum Gasteiger partial charge on any atom is 0.135 e. The lowest BCUT2D eigenvalue weighted by molar-refractivity contribution is 0.412. The van der Waals surface area contributed by atoms with Crippen LogP contribution >= 0.6 is 55.1 Å². The number of hydrogen-bond donors (Lipinski definition) is 1. The lowest BCUT2D eigenvalue weighted by Gasteiger charge is -2.13. The molecule has 2 rings (SSSR count). The van der Waals surface area contributed by atoms with Gasteiger partial charge in [-0.1, -0.05) is 35.3 Å². The SMILES string of the molecule is COc1cc(NCc2cccc(Cl)c2Cl)c(Br)cc1Br. The summed E-state index contributed by atoms with van der Waals surface area (Å²) in [5.74, 6) is 0.757. The maximum atomic E-state index is 6.17. The Balaban J connectivity index is 2.21.